The van der Waals surface area contributed by atoms with Gasteiger partial charge < -0.3 is 5.11 Å². The summed E-state index contributed by atoms with van der Waals surface area (Å²) in [5.74, 6) is -1.61. The Morgan fingerprint density at radius 3 is 2.60 bits per heavy atom. The van der Waals surface area contributed by atoms with Gasteiger partial charge in [-0.05, 0) is 12.8 Å². The number of allylic oxidation sites excluding steroid dienone is 2. The van der Waals surface area contributed by atoms with Gasteiger partial charge in [-0.1, -0.05) is 12.2 Å². The van der Waals surface area contributed by atoms with Crippen LogP contribution in [0.1, 0.15) is 12.8 Å². The zero-order chi connectivity index (χ0) is 11.5. The smallest absolute Gasteiger partial charge is 0.434 e. The van der Waals surface area contributed by atoms with E-state index in [-0.39, 0.29) is 6.42 Å². The van der Waals surface area contributed by atoms with Crippen LogP contribution in [0.4, 0.5) is 13.2 Å². The molecule has 82 valence electrons. The van der Waals surface area contributed by atoms with E-state index in [0.717, 1.165) is 12.3 Å². The van der Waals surface area contributed by atoms with Crippen LogP contribution in [-0.4, -0.2) is 23.0 Å². The maximum absolute atomic E-state index is 12.4. The number of hydrogen-bond donors (Lipinski definition) is 1. The minimum Gasteiger partial charge on any atom is -0.478 e. The Morgan fingerprint density at radius 2 is 2.07 bits per heavy atom. The van der Waals surface area contributed by atoms with Gasteiger partial charge in [0, 0.05) is 6.20 Å². The highest BCUT2D eigenvalue weighted by molar-refractivity contribution is 6.21. The van der Waals surface area contributed by atoms with E-state index in [9.17, 15) is 18.0 Å². The van der Waals surface area contributed by atoms with E-state index in [2.05, 4.69) is 4.99 Å². The van der Waals surface area contributed by atoms with Crippen LogP contribution in [0.3, 0.4) is 0 Å². The Hall–Kier alpha value is -1.59. The molecular weight excluding hydrogens is 211 g/mol. The van der Waals surface area contributed by atoms with Crippen LogP contribution >= 0.6 is 0 Å². The van der Waals surface area contributed by atoms with Crippen molar-refractivity contribution < 1.29 is 23.1 Å². The molecule has 1 aliphatic rings. The molecule has 0 radical (unpaired) electrons. The minimum atomic E-state index is -4.74. The lowest BCUT2D eigenvalue weighted by molar-refractivity contribution is -0.132. The Kier molecular flexibility index (Phi) is 3.28. The number of aliphatic imine (C=N–C) groups is 1. The second-order valence-corrected chi connectivity index (χ2v) is 2.86. The van der Waals surface area contributed by atoms with Gasteiger partial charge in [0.05, 0.1) is 5.57 Å². The highest BCUT2D eigenvalue weighted by Gasteiger charge is 2.40. The van der Waals surface area contributed by atoms with Crippen molar-refractivity contribution in [3.8, 4) is 0 Å². The van der Waals surface area contributed by atoms with Crippen molar-refractivity contribution in [2.45, 2.75) is 19.0 Å². The number of rotatable bonds is 1. The highest BCUT2D eigenvalue weighted by Crippen LogP contribution is 2.24. The molecule has 0 saturated carbocycles. The average molecular weight is 219 g/mol. The van der Waals surface area contributed by atoms with Crippen molar-refractivity contribution >= 4 is 11.7 Å². The zero-order valence-corrected chi connectivity index (χ0v) is 7.58. The summed E-state index contributed by atoms with van der Waals surface area (Å²) in [6, 6.07) is 0. The fourth-order valence-electron chi connectivity index (χ4n) is 1.11. The Labute approximate surface area is 83.6 Å². The quantitative estimate of drug-likeness (QED) is 0.735. The van der Waals surface area contributed by atoms with Crippen LogP contribution < -0.4 is 0 Å². The largest absolute Gasteiger partial charge is 0.478 e. The van der Waals surface area contributed by atoms with Crippen LogP contribution in [0.2, 0.25) is 0 Å². The molecule has 1 aliphatic heterocycles. The van der Waals surface area contributed by atoms with Gasteiger partial charge in [0.1, 0.15) is 0 Å². The molecule has 0 aromatic heterocycles. The van der Waals surface area contributed by atoms with Crippen LogP contribution in [0, 0.1) is 0 Å². The first-order chi connectivity index (χ1) is 6.93. The average Bonchev–Trinajstić information content (AvgIpc) is 1.99. The standard InChI is InChI=1S/C9H8F3NO2/c10-9(11,12)7-6(8(14)15)4-2-1-3-5-13-7/h3-5H,1-2H2,(H,14,15)/b5-3+,6-4?,13-7?. The normalized spacial score (nSPS) is 19.7. The first kappa shape index (κ1) is 11.5. The molecule has 1 rings (SSSR count). The van der Waals surface area contributed by atoms with E-state index < -0.39 is 23.4 Å². The molecule has 1 N–H and O–H groups in total. The van der Waals surface area contributed by atoms with Gasteiger partial charge in [-0.3, -0.25) is 4.99 Å². The predicted octanol–water partition coefficient (Wildman–Crippen LogP) is 2.31. The number of hydrogen-bond acceptors (Lipinski definition) is 2. The van der Waals surface area contributed by atoms with Crippen LogP contribution in [-0.2, 0) is 4.79 Å². The van der Waals surface area contributed by atoms with E-state index in [0.29, 0.717) is 6.42 Å². The van der Waals surface area contributed by atoms with Crippen LogP contribution in [0.25, 0.3) is 0 Å². The van der Waals surface area contributed by atoms with Gasteiger partial charge in [-0.25, -0.2) is 4.79 Å². The third kappa shape index (κ3) is 2.93. The first-order valence-corrected chi connectivity index (χ1v) is 4.16. The van der Waals surface area contributed by atoms with Gasteiger partial charge >= 0.3 is 12.1 Å². The lowest BCUT2D eigenvalue weighted by Gasteiger charge is -2.11. The van der Waals surface area contributed by atoms with Crippen molar-refractivity contribution in [1.82, 2.24) is 0 Å². The van der Waals surface area contributed by atoms with E-state index in [1.54, 1.807) is 0 Å². The number of alkyl halides is 3. The summed E-state index contributed by atoms with van der Waals surface area (Å²) in [5, 5.41) is 8.62. The van der Waals surface area contributed by atoms with Crippen molar-refractivity contribution in [2.24, 2.45) is 4.99 Å². The molecule has 0 atom stereocenters. The molecule has 15 heavy (non-hydrogen) atoms. The van der Waals surface area contributed by atoms with Crippen molar-refractivity contribution in [3.63, 3.8) is 0 Å². The SMILES string of the molecule is O=C(O)C1=CCC/C=C/N=C1C(F)(F)F. The van der Waals surface area contributed by atoms with Crippen LogP contribution in [0.5, 0.6) is 0 Å². The molecule has 0 aliphatic carbocycles. The fraction of sp³-hybridized carbons (Fsp3) is 0.333. The molecule has 0 saturated heterocycles. The van der Waals surface area contributed by atoms with E-state index in [4.69, 9.17) is 5.11 Å². The van der Waals surface area contributed by atoms with Crippen molar-refractivity contribution in [3.05, 3.63) is 23.9 Å². The number of carboxylic acid groups (broad SMARTS) is 1. The summed E-state index contributed by atoms with van der Waals surface area (Å²) >= 11 is 0. The molecule has 0 amide bonds. The van der Waals surface area contributed by atoms with Crippen molar-refractivity contribution in [1.29, 1.82) is 0 Å². The summed E-state index contributed by atoms with van der Waals surface area (Å²) in [5.41, 5.74) is -2.14. The number of carbonyl (C=O) groups is 1. The fourth-order valence-corrected chi connectivity index (χ4v) is 1.11. The Bertz CT molecular complexity index is 353. The van der Waals surface area contributed by atoms with Gasteiger partial charge in [-0.2, -0.15) is 13.2 Å². The Balaban J connectivity index is 3.19. The molecule has 0 unspecified atom stereocenters. The predicted molar refractivity (Wildman–Crippen MR) is 47.6 cm³/mol. The van der Waals surface area contributed by atoms with Gasteiger partial charge in [-0.15, -0.1) is 0 Å². The monoisotopic (exact) mass is 219 g/mol. The molecule has 6 heteroatoms. The molecular formula is C9H8F3NO2. The van der Waals surface area contributed by atoms with E-state index in [1.165, 1.54) is 6.08 Å². The maximum Gasteiger partial charge on any atom is 0.434 e. The van der Waals surface area contributed by atoms with Crippen molar-refractivity contribution in [2.75, 3.05) is 0 Å². The number of halogens is 3. The molecule has 0 fully saturated rings. The minimum absolute atomic E-state index is 0.257. The molecule has 0 spiro atoms. The lowest BCUT2D eigenvalue weighted by atomic mass is 10.1. The summed E-state index contributed by atoms with van der Waals surface area (Å²) in [6.07, 6.45) is -0.525. The summed E-state index contributed by atoms with van der Waals surface area (Å²) in [6.45, 7) is 0. The summed E-state index contributed by atoms with van der Waals surface area (Å²) in [4.78, 5) is 13.7. The van der Waals surface area contributed by atoms with E-state index >= 15 is 0 Å². The van der Waals surface area contributed by atoms with Gasteiger partial charge in [0.25, 0.3) is 0 Å². The molecule has 0 aromatic rings. The first-order valence-electron chi connectivity index (χ1n) is 4.16. The Morgan fingerprint density at radius 1 is 1.40 bits per heavy atom. The lowest BCUT2D eigenvalue weighted by Crippen LogP contribution is -2.28. The van der Waals surface area contributed by atoms with E-state index in [1.807, 2.05) is 0 Å². The second-order valence-electron chi connectivity index (χ2n) is 2.86. The summed E-state index contributed by atoms with van der Waals surface area (Å²) in [7, 11) is 0. The third-order valence-electron chi connectivity index (χ3n) is 1.74. The number of nitrogens with zero attached hydrogens (tertiary/aromatic N) is 1. The van der Waals surface area contributed by atoms with Gasteiger partial charge in [0.15, 0.2) is 5.71 Å². The molecule has 0 bridgehead atoms. The van der Waals surface area contributed by atoms with Crippen LogP contribution in [0.15, 0.2) is 28.9 Å². The topological polar surface area (TPSA) is 49.7 Å². The van der Waals surface area contributed by atoms with Gasteiger partial charge in [0.2, 0.25) is 0 Å². The number of carboxylic acids is 1. The maximum atomic E-state index is 12.4. The second kappa shape index (κ2) is 4.29. The zero-order valence-electron chi connectivity index (χ0n) is 7.58. The molecule has 0 aromatic carbocycles. The third-order valence-corrected chi connectivity index (χ3v) is 1.74. The summed E-state index contributed by atoms with van der Waals surface area (Å²) < 4.78 is 37.2. The highest BCUT2D eigenvalue weighted by atomic mass is 19.4. The molecule has 3 nitrogen and oxygen atoms in total. The number of aliphatic carboxylic acids is 1. The molecule has 1 heterocycles.